The van der Waals surface area contributed by atoms with E-state index in [1.54, 1.807) is 12.4 Å². The second-order valence-corrected chi connectivity index (χ2v) is 5.14. The van der Waals surface area contributed by atoms with Gasteiger partial charge in [-0.15, -0.1) is 0 Å². The fraction of sp³-hybridized carbons (Fsp3) is 0.643. The average molecular weight is 235 g/mol. The number of hydrogen-bond donors (Lipinski definition) is 1. The molecule has 0 spiro atoms. The molecule has 17 heavy (non-hydrogen) atoms. The Bertz CT molecular complexity index is 380. The largest absolute Gasteiger partial charge is 0.492 e. The molecular weight excluding hydrogens is 214 g/mol. The van der Waals surface area contributed by atoms with Crippen molar-refractivity contribution in [2.24, 2.45) is 5.92 Å². The fourth-order valence-electron chi connectivity index (χ4n) is 2.50. The lowest BCUT2D eigenvalue weighted by Gasteiger charge is -2.23. The quantitative estimate of drug-likeness (QED) is 0.872. The monoisotopic (exact) mass is 235 g/mol. The number of hydrogen-bond acceptors (Lipinski definition) is 3. The lowest BCUT2D eigenvalue weighted by Crippen LogP contribution is -2.21. The fourth-order valence-corrected chi connectivity index (χ4v) is 2.50. The molecule has 1 heterocycles. The van der Waals surface area contributed by atoms with Crippen LogP contribution in [0, 0.1) is 5.92 Å². The molecule has 1 aliphatic rings. The van der Waals surface area contributed by atoms with Gasteiger partial charge in [-0.05, 0) is 37.7 Å². The zero-order chi connectivity index (χ0) is 12.3. The summed E-state index contributed by atoms with van der Waals surface area (Å²) in [5.41, 5.74) is 0.202. The lowest BCUT2D eigenvalue weighted by molar-refractivity contribution is 0.0401. The Morgan fingerprint density at radius 2 is 2.35 bits per heavy atom. The highest BCUT2D eigenvalue weighted by atomic mass is 16.5. The molecule has 0 aromatic carbocycles. The molecule has 2 unspecified atom stereocenters. The molecule has 2 atom stereocenters. The topological polar surface area (TPSA) is 42.4 Å². The van der Waals surface area contributed by atoms with Crippen LogP contribution in [0.2, 0.25) is 0 Å². The third kappa shape index (κ3) is 2.78. The maximum Gasteiger partial charge on any atom is 0.137 e. The number of ether oxygens (including phenoxy) is 1. The van der Waals surface area contributed by atoms with Crippen LogP contribution in [0.15, 0.2) is 18.5 Å². The Kier molecular flexibility index (Phi) is 3.67. The Balaban J connectivity index is 2.15. The van der Waals surface area contributed by atoms with Crippen molar-refractivity contribution in [1.82, 2.24) is 4.98 Å². The van der Waals surface area contributed by atoms with E-state index >= 15 is 0 Å². The third-order valence-corrected chi connectivity index (χ3v) is 3.46. The molecule has 1 N–H and O–H groups in total. The van der Waals surface area contributed by atoms with Gasteiger partial charge in [0.25, 0.3) is 0 Å². The number of pyridine rings is 1. The van der Waals surface area contributed by atoms with Gasteiger partial charge < -0.3 is 9.84 Å². The second kappa shape index (κ2) is 5.05. The van der Waals surface area contributed by atoms with E-state index in [1.807, 2.05) is 6.07 Å². The summed E-state index contributed by atoms with van der Waals surface area (Å²) in [6.07, 6.45) is 7.18. The molecule has 0 saturated heterocycles. The first-order valence-corrected chi connectivity index (χ1v) is 6.45. The van der Waals surface area contributed by atoms with Crippen molar-refractivity contribution in [2.45, 2.75) is 45.1 Å². The molecule has 0 radical (unpaired) electrons. The molecule has 1 fully saturated rings. The van der Waals surface area contributed by atoms with Gasteiger partial charge in [0, 0.05) is 11.8 Å². The summed E-state index contributed by atoms with van der Waals surface area (Å²) in [4.78, 5) is 4.17. The van der Waals surface area contributed by atoms with Crippen LogP contribution in [0.3, 0.4) is 0 Å². The van der Waals surface area contributed by atoms with Gasteiger partial charge >= 0.3 is 0 Å². The summed E-state index contributed by atoms with van der Waals surface area (Å²) in [6.45, 7) is 4.95. The molecular formula is C14H21NO2. The molecule has 1 aliphatic carbocycles. The van der Waals surface area contributed by atoms with Gasteiger partial charge in [-0.3, -0.25) is 4.98 Å². The van der Waals surface area contributed by atoms with E-state index in [0.29, 0.717) is 12.5 Å². The van der Waals surface area contributed by atoms with Crippen molar-refractivity contribution in [3.05, 3.63) is 24.0 Å². The number of aliphatic hydroxyl groups is 1. The summed E-state index contributed by atoms with van der Waals surface area (Å²) in [6, 6.07) is 1.93. The minimum absolute atomic E-state index is 0.584. The zero-order valence-electron chi connectivity index (χ0n) is 10.6. The number of nitrogens with zero attached hydrogens (tertiary/aromatic N) is 1. The first kappa shape index (κ1) is 12.4. The summed E-state index contributed by atoms with van der Waals surface area (Å²) >= 11 is 0. The summed E-state index contributed by atoms with van der Waals surface area (Å²) in [5.74, 6) is 1.34. The van der Waals surface area contributed by atoms with Crippen LogP contribution in [0.5, 0.6) is 5.75 Å². The van der Waals surface area contributed by atoms with E-state index in [-0.39, 0.29) is 0 Å². The van der Waals surface area contributed by atoms with Crippen molar-refractivity contribution in [3.63, 3.8) is 0 Å². The van der Waals surface area contributed by atoms with Crippen LogP contribution >= 0.6 is 0 Å². The van der Waals surface area contributed by atoms with Crippen molar-refractivity contribution in [1.29, 1.82) is 0 Å². The molecule has 0 amide bonds. The normalized spacial score (nSPS) is 28.3. The highest BCUT2D eigenvalue weighted by Crippen LogP contribution is 2.42. The van der Waals surface area contributed by atoms with Crippen molar-refractivity contribution >= 4 is 0 Å². The molecule has 0 bridgehead atoms. The molecule has 1 saturated carbocycles. The Morgan fingerprint density at radius 1 is 1.53 bits per heavy atom. The third-order valence-electron chi connectivity index (χ3n) is 3.46. The molecule has 94 valence electrons. The summed E-state index contributed by atoms with van der Waals surface area (Å²) < 4.78 is 5.55. The first-order valence-electron chi connectivity index (χ1n) is 6.45. The van der Waals surface area contributed by atoms with E-state index in [9.17, 15) is 5.11 Å². The molecule has 1 aromatic rings. The van der Waals surface area contributed by atoms with Gasteiger partial charge in [-0.2, -0.15) is 0 Å². The van der Waals surface area contributed by atoms with Gasteiger partial charge in [0.2, 0.25) is 0 Å². The minimum Gasteiger partial charge on any atom is -0.492 e. The van der Waals surface area contributed by atoms with Crippen LogP contribution in [0.4, 0.5) is 0 Å². The Hall–Kier alpha value is -1.09. The van der Waals surface area contributed by atoms with Gasteiger partial charge in [0.15, 0.2) is 0 Å². The predicted molar refractivity (Wildman–Crippen MR) is 66.9 cm³/mol. The zero-order valence-corrected chi connectivity index (χ0v) is 10.6. The second-order valence-electron chi connectivity index (χ2n) is 5.14. The smallest absolute Gasteiger partial charge is 0.137 e. The van der Waals surface area contributed by atoms with Gasteiger partial charge in [-0.25, -0.2) is 0 Å². The lowest BCUT2D eigenvalue weighted by atomic mass is 9.92. The molecule has 2 rings (SSSR count). The van der Waals surface area contributed by atoms with Crippen molar-refractivity contribution in [3.8, 4) is 5.75 Å². The van der Waals surface area contributed by atoms with Crippen molar-refractivity contribution in [2.75, 3.05) is 6.61 Å². The maximum absolute atomic E-state index is 10.6. The van der Waals surface area contributed by atoms with Crippen molar-refractivity contribution < 1.29 is 9.84 Å². The Morgan fingerprint density at radius 3 is 3.00 bits per heavy atom. The molecule has 0 aliphatic heterocycles. The molecule has 3 heteroatoms. The highest BCUT2D eigenvalue weighted by Gasteiger charge is 2.37. The van der Waals surface area contributed by atoms with Crippen LogP contribution in [0.25, 0.3) is 0 Å². The van der Waals surface area contributed by atoms with Gasteiger partial charge in [0.05, 0.1) is 18.4 Å². The van der Waals surface area contributed by atoms with E-state index in [2.05, 4.69) is 18.8 Å². The van der Waals surface area contributed by atoms with Crippen LogP contribution in [-0.2, 0) is 5.60 Å². The van der Waals surface area contributed by atoms with Crippen LogP contribution in [-0.4, -0.2) is 16.7 Å². The number of rotatable bonds is 4. The van der Waals surface area contributed by atoms with E-state index in [1.165, 1.54) is 0 Å². The SMILES string of the molecule is CCCOc1cncc(C2(O)CCC(C)C2)c1. The maximum atomic E-state index is 10.6. The first-order chi connectivity index (χ1) is 8.14. The highest BCUT2D eigenvalue weighted by molar-refractivity contribution is 5.29. The number of aromatic nitrogens is 1. The van der Waals surface area contributed by atoms with Crippen LogP contribution in [0.1, 0.15) is 45.1 Å². The van der Waals surface area contributed by atoms with E-state index in [0.717, 1.165) is 37.0 Å². The summed E-state index contributed by atoms with van der Waals surface area (Å²) in [5, 5.41) is 10.6. The van der Waals surface area contributed by atoms with Gasteiger partial charge in [-0.1, -0.05) is 13.8 Å². The minimum atomic E-state index is -0.696. The summed E-state index contributed by atoms with van der Waals surface area (Å²) in [7, 11) is 0. The Labute approximate surface area is 103 Å². The van der Waals surface area contributed by atoms with Gasteiger partial charge in [0.1, 0.15) is 5.75 Å². The molecule has 3 nitrogen and oxygen atoms in total. The molecule has 1 aromatic heterocycles. The van der Waals surface area contributed by atoms with Crippen LogP contribution < -0.4 is 4.74 Å². The average Bonchev–Trinajstić information content (AvgIpc) is 2.68. The van der Waals surface area contributed by atoms with E-state index < -0.39 is 5.60 Å². The predicted octanol–water partition coefficient (Wildman–Crippen LogP) is 2.88. The standard InChI is InChI=1S/C14H21NO2/c1-3-6-17-13-7-12(9-15-10-13)14(16)5-4-11(2)8-14/h7,9-11,16H,3-6,8H2,1-2H3. The van der Waals surface area contributed by atoms with E-state index in [4.69, 9.17) is 4.74 Å².